The quantitative estimate of drug-likeness (QED) is 0.590. The summed E-state index contributed by atoms with van der Waals surface area (Å²) in [5, 5.41) is 32.6. The fraction of sp³-hybridized carbons (Fsp3) is 0.714. The van der Waals surface area contributed by atoms with Crippen molar-refractivity contribution in [1.29, 1.82) is 0 Å². The van der Waals surface area contributed by atoms with Gasteiger partial charge < -0.3 is 20.1 Å². The molecule has 5 aliphatic rings. The molecule has 1 aromatic carbocycles. The molecule has 3 saturated carbocycles. The molecule has 32 heavy (non-hydrogen) atoms. The van der Waals surface area contributed by atoms with Crippen molar-refractivity contribution in [3.8, 4) is 0 Å². The Labute approximate surface area is 191 Å². The van der Waals surface area contributed by atoms with Crippen LogP contribution < -0.4 is 0 Å². The standard InChI is InChI=1S/C28H38O4/c1-26-15-21(19-5-3-18(16-29)4-6-19)25-20(22(26)7-8-24(26)30)9-13-28(31)17-27(11-2-14-32-27)12-10-23(25)28/h3-6,20-22,24,29-31H,2,7-17H2,1H3/t20?,21-,22?,24+,26+,27?,28-/m1/s1. The molecule has 0 bridgehead atoms. The van der Waals surface area contributed by atoms with E-state index in [2.05, 4.69) is 19.1 Å². The molecule has 174 valence electrons. The van der Waals surface area contributed by atoms with Crippen molar-refractivity contribution >= 4 is 0 Å². The van der Waals surface area contributed by atoms with Gasteiger partial charge in [-0.15, -0.1) is 0 Å². The molecule has 0 radical (unpaired) electrons. The molecule has 4 fully saturated rings. The van der Waals surface area contributed by atoms with E-state index in [0.717, 1.165) is 76.4 Å². The minimum atomic E-state index is -0.733. The molecule has 1 aliphatic heterocycles. The summed E-state index contributed by atoms with van der Waals surface area (Å²) in [5.41, 5.74) is 4.11. The summed E-state index contributed by atoms with van der Waals surface area (Å²) < 4.78 is 6.23. The van der Waals surface area contributed by atoms with Gasteiger partial charge in [0, 0.05) is 18.9 Å². The largest absolute Gasteiger partial charge is 0.393 e. The molecule has 7 atom stereocenters. The zero-order chi connectivity index (χ0) is 22.1. The van der Waals surface area contributed by atoms with Crippen molar-refractivity contribution in [3.05, 3.63) is 46.5 Å². The van der Waals surface area contributed by atoms with E-state index in [9.17, 15) is 15.3 Å². The predicted octanol–water partition coefficient (Wildman–Crippen LogP) is 4.61. The van der Waals surface area contributed by atoms with Crippen LogP contribution in [-0.4, -0.2) is 39.2 Å². The van der Waals surface area contributed by atoms with E-state index in [1.807, 2.05) is 12.1 Å². The predicted molar refractivity (Wildman–Crippen MR) is 123 cm³/mol. The maximum Gasteiger partial charge on any atom is 0.0887 e. The van der Waals surface area contributed by atoms with Crippen molar-refractivity contribution in [2.75, 3.05) is 6.61 Å². The Morgan fingerprint density at radius 1 is 1.06 bits per heavy atom. The van der Waals surface area contributed by atoms with E-state index in [4.69, 9.17) is 4.74 Å². The molecule has 0 aromatic heterocycles. The Hall–Kier alpha value is -1.20. The first-order valence-electron chi connectivity index (χ1n) is 12.9. The van der Waals surface area contributed by atoms with E-state index in [0.29, 0.717) is 11.8 Å². The molecule has 4 heteroatoms. The minimum absolute atomic E-state index is 0.0574. The van der Waals surface area contributed by atoms with Gasteiger partial charge in [-0.25, -0.2) is 0 Å². The van der Waals surface area contributed by atoms with Gasteiger partial charge in [0.1, 0.15) is 0 Å². The van der Waals surface area contributed by atoms with E-state index < -0.39 is 5.60 Å². The Morgan fingerprint density at radius 2 is 1.88 bits per heavy atom. The third-order valence-corrected chi connectivity index (χ3v) is 10.2. The van der Waals surface area contributed by atoms with Crippen molar-refractivity contribution in [1.82, 2.24) is 0 Å². The smallest absolute Gasteiger partial charge is 0.0887 e. The zero-order valence-corrected chi connectivity index (χ0v) is 19.4. The first-order chi connectivity index (χ1) is 15.4. The number of allylic oxidation sites excluding steroid dienone is 1. The molecular formula is C28H38O4. The number of hydrogen-bond acceptors (Lipinski definition) is 4. The molecule has 1 spiro atoms. The second-order valence-electron chi connectivity index (χ2n) is 11.8. The van der Waals surface area contributed by atoms with Gasteiger partial charge >= 0.3 is 0 Å². The fourth-order valence-corrected chi connectivity index (χ4v) is 8.61. The lowest BCUT2D eigenvalue weighted by atomic mass is 9.50. The van der Waals surface area contributed by atoms with Gasteiger partial charge in [0.05, 0.1) is 23.9 Å². The molecule has 4 aliphatic carbocycles. The second kappa shape index (κ2) is 7.40. The van der Waals surface area contributed by atoms with Crippen LogP contribution in [0.3, 0.4) is 0 Å². The first-order valence-corrected chi connectivity index (χ1v) is 12.9. The van der Waals surface area contributed by atoms with Gasteiger partial charge in [0.15, 0.2) is 0 Å². The molecule has 6 rings (SSSR count). The van der Waals surface area contributed by atoms with Crippen LogP contribution in [0.1, 0.15) is 88.2 Å². The van der Waals surface area contributed by atoms with Gasteiger partial charge in [-0.1, -0.05) is 36.8 Å². The van der Waals surface area contributed by atoms with E-state index in [-0.39, 0.29) is 29.6 Å². The first kappa shape index (κ1) is 21.3. The highest BCUT2D eigenvalue weighted by Gasteiger charge is 2.60. The van der Waals surface area contributed by atoms with Crippen LogP contribution in [0, 0.1) is 17.3 Å². The van der Waals surface area contributed by atoms with Crippen LogP contribution in [-0.2, 0) is 11.3 Å². The SMILES string of the molecule is C[C@]12C[C@H](c3ccc(CO)cc3)C3=C4CCC5(CCCO5)C[C@]4(O)CCC3C1CC[C@@H]2O. The second-order valence-corrected chi connectivity index (χ2v) is 11.8. The van der Waals surface area contributed by atoms with Gasteiger partial charge in [0.2, 0.25) is 0 Å². The van der Waals surface area contributed by atoms with Crippen LogP contribution in [0.15, 0.2) is 35.4 Å². The van der Waals surface area contributed by atoms with Crippen LogP contribution in [0.4, 0.5) is 0 Å². The summed E-state index contributed by atoms with van der Waals surface area (Å²) in [7, 11) is 0. The van der Waals surface area contributed by atoms with E-state index in [1.165, 1.54) is 16.7 Å². The lowest BCUT2D eigenvalue weighted by Crippen LogP contribution is -2.53. The summed E-state index contributed by atoms with van der Waals surface area (Å²) in [6.07, 6.45) is 9.49. The maximum atomic E-state index is 12.0. The van der Waals surface area contributed by atoms with E-state index >= 15 is 0 Å². The maximum absolute atomic E-state index is 12.0. The van der Waals surface area contributed by atoms with Crippen LogP contribution in [0.25, 0.3) is 0 Å². The van der Waals surface area contributed by atoms with Gasteiger partial charge in [-0.3, -0.25) is 0 Å². The van der Waals surface area contributed by atoms with Crippen molar-refractivity contribution in [3.63, 3.8) is 0 Å². The molecule has 4 nitrogen and oxygen atoms in total. The minimum Gasteiger partial charge on any atom is -0.393 e. The Kier molecular flexibility index (Phi) is 4.93. The molecule has 3 N–H and O–H groups in total. The summed E-state index contributed by atoms with van der Waals surface area (Å²) in [4.78, 5) is 0. The van der Waals surface area contributed by atoms with Crippen molar-refractivity contribution < 1.29 is 20.1 Å². The Bertz CT molecular complexity index is 914. The molecule has 0 amide bonds. The van der Waals surface area contributed by atoms with Crippen molar-refractivity contribution in [2.24, 2.45) is 17.3 Å². The summed E-state index contributed by atoms with van der Waals surface area (Å²) in [6.45, 7) is 3.21. The molecule has 1 saturated heterocycles. The average Bonchev–Trinajstić information content (AvgIpc) is 3.36. The van der Waals surface area contributed by atoms with Crippen LogP contribution >= 0.6 is 0 Å². The zero-order valence-electron chi connectivity index (χ0n) is 19.4. The number of aliphatic hydroxyl groups excluding tert-OH is 2. The third-order valence-electron chi connectivity index (χ3n) is 10.2. The normalized spacial score (nSPS) is 45.6. The average molecular weight is 439 g/mol. The number of benzene rings is 1. The van der Waals surface area contributed by atoms with Gasteiger partial charge in [-0.05, 0) is 91.7 Å². The topological polar surface area (TPSA) is 69.9 Å². The molecular weight excluding hydrogens is 400 g/mol. The summed E-state index contributed by atoms with van der Waals surface area (Å²) in [5.74, 6) is 1.21. The van der Waals surface area contributed by atoms with Gasteiger partial charge in [0.25, 0.3) is 0 Å². The molecule has 1 heterocycles. The summed E-state index contributed by atoms with van der Waals surface area (Å²) >= 11 is 0. The number of ether oxygens (including phenoxy) is 1. The Morgan fingerprint density at radius 3 is 2.59 bits per heavy atom. The number of aliphatic hydroxyl groups is 3. The third kappa shape index (κ3) is 3.02. The Balaban J connectivity index is 1.46. The lowest BCUT2D eigenvalue weighted by Gasteiger charge is -2.56. The number of fused-ring (bicyclic) bond motifs is 4. The monoisotopic (exact) mass is 438 g/mol. The summed E-state index contributed by atoms with van der Waals surface area (Å²) in [6, 6.07) is 8.41. The highest BCUT2D eigenvalue weighted by atomic mass is 16.5. The van der Waals surface area contributed by atoms with E-state index in [1.54, 1.807) is 0 Å². The van der Waals surface area contributed by atoms with Crippen molar-refractivity contribution in [2.45, 2.75) is 101 Å². The molecule has 1 aromatic rings. The molecule has 3 unspecified atom stereocenters. The lowest BCUT2D eigenvalue weighted by molar-refractivity contribution is -0.0983. The fourth-order valence-electron chi connectivity index (χ4n) is 8.61. The van der Waals surface area contributed by atoms with Gasteiger partial charge in [-0.2, -0.15) is 0 Å². The highest BCUT2D eigenvalue weighted by Crippen LogP contribution is 2.65. The van der Waals surface area contributed by atoms with Crippen LogP contribution in [0.5, 0.6) is 0 Å². The van der Waals surface area contributed by atoms with Crippen LogP contribution in [0.2, 0.25) is 0 Å². The number of rotatable bonds is 2. The number of hydrogen-bond donors (Lipinski definition) is 3. The highest BCUT2D eigenvalue weighted by molar-refractivity contribution is 5.44.